The number of hydrogen-bond donors (Lipinski definition) is 0. The minimum atomic E-state index is 0.000651. The Kier molecular flexibility index (Phi) is 5.59. The molecule has 0 saturated carbocycles. The van der Waals surface area contributed by atoms with Gasteiger partial charge in [-0.3, -0.25) is 4.79 Å². The van der Waals surface area contributed by atoms with E-state index in [2.05, 4.69) is 24.9 Å². The third-order valence-corrected chi connectivity index (χ3v) is 3.62. The molecule has 1 aliphatic heterocycles. The lowest BCUT2D eigenvalue weighted by atomic mass is 10.1. The molecule has 1 aromatic rings. The lowest BCUT2D eigenvalue weighted by Crippen LogP contribution is -2.37. The Balaban J connectivity index is 2.13. The standard InChI is InChI=1S/C16H24N2O3/c1-13-10-17(2)14-6-4-5-7-15(14)18(11-13)16(19)12-21-9-8-20-3/h4-7,13H,8-12H2,1-3H3/t13-/m1/s1. The van der Waals surface area contributed by atoms with Crippen LogP contribution in [0.25, 0.3) is 0 Å². The first-order valence-electron chi connectivity index (χ1n) is 7.30. The second-order valence-electron chi connectivity index (χ2n) is 5.52. The summed E-state index contributed by atoms with van der Waals surface area (Å²) in [5.74, 6) is 0.408. The molecule has 21 heavy (non-hydrogen) atoms. The Labute approximate surface area is 126 Å². The number of para-hydroxylation sites is 2. The van der Waals surface area contributed by atoms with Crippen LogP contribution in [0.1, 0.15) is 6.92 Å². The summed E-state index contributed by atoms with van der Waals surface area (Å²) in [5, 5.41) is 0. The van der Waals surface area contributed by atoms with Gasteiger partial charge in [0.2, 0.25) is 0 Å². The third-order valence-electron chi connectivity index (χ3n) is 3.62. The van der Waals surface area contributed by atoms with Crippen LogP contribution in [0.5, 0.6) is 0 Å². The lowest BCUT2D eigenvalue weighted by molar-refractivity contribution is -0.123. The summed E-state index contributed by atoms with van der Waals surface area (Å²) < 4.78 is 10.3. The van der Waals surface area contributed by atoms with Crippen molar-refractivity contribution in [3.05, 3.63) is 24.3 Å². The topological polar surface area (TPSA) is 42.0 Å². The molecule has 1 heterocycles. The van der Waals surface area contributed by atoms with Crippen molar-refractivity contribution >= 4 is 17.3 Å². The highest BCUT2D eigenvalue weighted by Crippen LogP contribution is 2.32. The molecule has 116 valence electrons. The van der Waals surface area contributed by atoms with E-state index < -0.39 is 0 Å². The van der Waals surface area contributed by atoms with Crippen LogP contribution >= 0.6 is 0 Å². The zero-order valence-corrected chi connectivity index (χ0v) is 13.0. The lowest BCUT2D eigenvalue weighted by Gasteiger charge is -2.24. The molecule has 1 aromatic carbocycles. The predicted octanol–water partition coefficient (Wildman–Crippen LogP) is 1.77. The maximum Gasteiger partial charge on any atom is 0.253 e. The van der Waals surface area contributed by atoms with E-state index in [1.165, 1.54) is 0 Å². The molecule has 0 aromatic heterocycles. The Hall–Kier alpha value is -1.59. The van der Waals surface area contributed by atoms with E-state index in [1.54, 1.807) is 7.11 Å². The number of nitrogens with zero attached hydrogens (tertiary/aromatic N) is 2. The van der Waals surface area contributed by atoms with Gasteiger partial charge in [0.25, 0.3) is 5.91 Å². The maximum absolute atomic E-state index is 12.5. The van der Waals surface area contributed by atoms with Gasteiger partial charge in [0.15, 0.2) is 0 Å². The van der Waals surface area contributed by atoms with Crippen LogP contribution in [0.2, 0.25) is 0 Å². The highest BCUT2D eigenvalue weighted by molar-refractivity contribution is 5.98. The fourth-order valence-electron chi connectivity index (χ4n) is 2.66. The van der Waals surface area contributed by atoms with Crippen molar-refractivity contribution in [2.75, 3.05) is 56.9 Å². The van der Waals surface area contributed by atoms with Crippen LogP contribution in [0, 0.1) is 5.92 Å². The van der Waals surface area contributed by atoms with Crippen molar-refractivity contribution in [2.45, 2.75) is 6.92 Å². The van der Waals surface area contributed by atoms with Crippen molar-refractivity contribution in [1.29, 1.82) is 0 Å². The number of methoxy groups -OCH3 is 1. The van der Waals surface area contributed by atoms with Gasteiger partial charge in [0.1, 0.15) is 6.61 Å². The SMILES string of the molecule is COCCOCC(=O)N1C[C@H](C)CN(C)c2ccccc21. The number of benzene rings is 1. The number of rotatable bonds is 5. The van der Waals surface area contributed by atoms with Crippen LogP contribution in [-0.4, -0.2) is 53.0 Å². The van der Waals surface area contributed by atoms with E-state index in [1.807, 2.05) is 23.1 Å². The molecule has 0 saturated heterocycles. The number of amides is 1. The van der Waals surface area contributed by atoms with E-state index in [-0.39, 0.29) is 12.5 Å². The first-order chi connectivity index (χ1) is 10.1. The van der Waals surface area contributed by atoms with Gasteiger partial charge in [-0.25, -0.2) is 0 Å². The van der Waals surface area contributed by atoms with Crippen LogP contribution in [0.4, 0.5) is 11.4 Å². The summed E-state index contributed by atoms with van der Waals surface area (Å²) in [6, 6.07) is 8.02. The van der Waals surface area contributed by atoms with Gasteiger partial charge in [0, 0.05) is 27.2 Å². The van der Waals surface area contributed by atoms with E-state index in [0.717, 1.165) is 17.9 Å². The summed E-state index contributed by atoms with van der Waals surface area (Å²) in [7, 11) is 3.69. The predicted molar refractivity (Wildman–Crippen MR) is 83.9 cm³/mol. The Morgan fingerprint density at radius 3 is 2.67 bits per heavy atom. The van der Waals surface area contributed by atoms with Crippen molar-refractivity contribution in [3.63, 3.8) is 0 Å². The fourth-order valence-corrected chi connectivity index (χ4v) is 2.66. The molecule has 5 heteroatoms. The minimum Gasteiger partial charge on any atom is -0.382 e. The maximum atomic E-state index is 12.5. The molecule has 2 rings (SSSR count). The van der Waals surface area contributed by atoms with E-state index in [0.29, 0.717) is 25.7 Å². The molecule has 5 nitrogen and oxygen atoms in total. The molecule has 1 aliphatic rings. The molecular formula is C16H24N2O3. The number of anilines is 2. The molecule has 0 fully saturated rings. The van der Waals surface area contributed by atoms with Gasteiger partial charge in [0.05, 0.1) is 24.6 Å². The van der Waals surface area contributed by atoms with Crippen molar-refractivity contribution in [1.82, 2.24) is 0 Å². The van der Waals surface area contributed by atoms with Gasteiger partial charge in [-0.05, 0) is 18.1 Å². The van der Waals surface area contributed by atoms with E-state index >= 15 is 0 Å². The van der Waals surface area contributed by atoms with Crippen molar-refractivity contribution < 1.29 is 14.3 Å². The Morgan fingerprint density at radius 1 is 1.24 bits per heavy atom. The zero-order chi connectivity index (χ0) is 15.2. The second-order valence-corrected chi connectivity index (χ2v) is 5.52. The van der Waals surface area contributed by atoms with Gasteiger partial charge in [-0.15, -0.1) is 0 Å². The molecule has 1 atom stereocenters. The van der Waals surface area contributed by atoms with Gasteiger partial charge in [-0.2, -0.15) is 0 Å². The van der Waals surface area contributed by atoms with Crippen LogP contribution in [0.15, 0.2) is 24.3 Å². The highest BCUT2D eigenvalue weighted by Gasteiger charge is 2.26. The molecular weight excluding hydrogens is 268 g/mol. The average molecular weight is 292 g/mol. The second kappa shape index (κ2) is 7.43. The number of carbonyl (C=O) groups excluding carboxylic acids is 1. The van der Waals surface area contributed by atoms with E-state index in [9.17, 15) is 4.79 Å². The summed E-state index contributed by atoms with van der Waals surface area (Å²) in [6.45, 7) is 4.85. The summed E-state index contributed by atoms with van der Waals surface area (Å²) >= 11 is 0. The normalized spacial score (nSPS) is 18.3. The summed E-state index contributed by atoms with van der Waals surface area (Å²) in [5.41, 5.74) is 2.05. The fraction of sp³-hybridized carbons (Fsp3) is 0.562. The van der Waals surface area contributed by atoms with Gasteiger partial charge >= 0.3 is 0 Å². The first kappa shape index (κ1) is 15.8. The molecule has 0 unspecified atom stereocenters. The molecule has 0 N–H and O–H groups in total. The molecule has 0 bridgehead atoms. The Bertz CT molecular complexity index is 478. The molecule has 0 spiro atoms. The van der Waals surface area contributed by atoms with Crippen molar-refractivity contribution in [2.24, 2.45) is 5.92 Å². The molecule has 1 amide bonds. The van der Waals surface area contributed by atoms with Gasteiger partial charge in [-0.1, -0.05) is 19.1 Å². The zero-order valence-electron chi connectivity index (χ0n) is 13.0. The van der Waals surface area contributed by atoms with Crippen LogP contribution < -0.4 is 9.80 Å². The van der Waals surface area contributed by atoms with E-state index in [4.69, 9.17) is 9.47 Å². The van der Waals surface area contributed by atoms with Crippen molar-refractivity contribution in [3.8, 4) is 0 Å². The summed E-state index contributed by atoms with van der Waals surface area (Å²) in [4.78, 5) is 16.5. The monoisotopic (exact) mass is 292 g/mol. The Morgan fingerprint density at radius 2 is 1.95 bits per heavy atom. The smallest absolute Gasteiger partial charge is 0.253 e. The number of hydrogen-bond acceptors (Lipinski definition) is 4. The quantitative estimate of drug-likeness (QED) is 0.776. The highest BCUT2D eigenvalue weighted by atomic mass is 16.5. The first-order valence-corrected chi connectivity index (χ1v) is 7.30. The third kappa shape index (κ3) is 3.95. The molecule has 0 radical (unpaired) electrons. The number of carbonyl (C=O) groups is 1. The summed E-state index contributed by atoms with van der Waals surface area (Å²) in [6.07, 6.45) is 0. The van der Waals surface area contributed by atoms with Crippen LogP contribution in [-0.2, 0) is 14.3 Å². The molecule has 0 aliphatic carbocycles. The number of ether oxygens (including phenoxy) is 2. The minimum absolute atomic E-state index is 0.000651. The van der Waals surface area contributed by atoms with Gasteiger partial charge < -0.3 is 19.3 Å². The largest absolute Gasteiger partial charge is 0.382 e. The average Bonchev–Trinajstić information content (AvgIpc) is 2.61. The van der Waals surface area contributed by atoms with Crippen LogP contribution in [0.3, 0.4) is 0 Å². The number of fused-ring (bicyclic) bond motifs is 1.